The Morgan fingerprint density at radius 1 is 0.684 bits per heavy atom. The maximum Gasteiger partial charge on any atom is 0.328 e. The Hall–Kier alpha value is -2.23. The zero-order valence-electron chi connectivity index (χ0n) is 22.5. The van der Waals surface area contributed by atoms with Crippen LogP contribution in [-0.4, -0.2) is 24.5 Å². The molecule has 0 aliphatic heterocycles. The molecule has 1 rings (SSSR count). The molecule has 1 aromatic carbocycles. The van der Waals surface area contributed by atoms with Crippen molar-refractivity contribution in [3.05, 3.63) is 29.1 Å². The van der Waals surface area contributed by atoms with E-state index >= 15 is 0 Å². The van der Waals surface area contributed by atoms with E-state index in [2.05, 4.69) is 17.0 Å². The molecule has 3 N–H and O–H groups in total. The third-order valence-electron chi connectivity index (χ3n) is 6.45. The van der Waals surface area contributed by atoms with Crippen molar-refractivity contribution in [2.75, 3.05) is 6.54 Å². The maximum absolute atomic E-state index is 13.6. The second-order valence-electron chi connectivity index (χ2n) is 9.77. The summed E-state index contributed by atoms with van der Waals surface area (Å²) >= 11 is 0. The van der Waals surface area contributed by atoms with Crippen molar-refractivity contribution in [3.8, 4) is 5.75 Å². The lowest BCUT2D eigenvalue weighted by molar-refractivity contribution is -0.136. The van der Waals surface area contributed by atoms with E-state index < -0.39 is 46.8 Å². The molecule has 0 aromatic heterocycles. The van der Waals surface area contributed by atoms with Crippen LogP contribution in [0.2, 0.25) is 0 Å². The van der Waals surface area contributed by atoms with Crippen molar-refractivity contribution in [2.24, 2.45) is 5.73 Å². The van der Waals surface area contributed by atoms with E-state index in [1.807, 2.05) is 0 Å². The zero-order valence-corrected chi connectivity index (χ0v) is 22.5. The van der Waals surface area contributed by atoms with E-state index in [-0.39, 0.29) is 12.3 Å². The molecule has 38 heavy (non-hydrogen) atoms. The predicted molar refractivity (Wildman–Crippen MR) is 137 cm³/mol. The number of nitrogens with two attached hydrogens (primary N) is 1. The smallest absolute Gasteiger partial charge is 0.328 e. The quantitative estimate of drug-likeness (QED) is 0.0418. The van der Waals surface area contributed by atoms with Crippen molar-refractivity contribution in [3.63, 3.8) is 0 Å². The van der Waals surface area contributed by atoms with E-state index in [0.29, 0.717) is 25.8 Å². The van der Waals surface area contributed by atoms with Gasteiger partial charge in [0.25, 0.3) is 0 Å². The number of unbranched alkanes of at least 4 members (excludes halogenated alkanes) is 13. The molecule has 1 aromatic rings. The number of benzene rings is 1. The number of carbonyl (C=O) groups is 2. The molecule has 0 saturated carbocycles. The molecule has 0 bridgehead atoms. The van der Waals surface area contributed by atoms with Gasteiger partial charge >= 0.3 is 5.97 Å². The van der Waals surface area contributed by atoms with Crippen molar-refractivity contribution in [2.45, 2.75) is 122 Å². The molecule has 1 amide bonds. The standard InChI is InChI=1S/C28H43F5N2O3/c1-2-3-4-5-6-7-8-9-10-11-12-13-14-18-21(36)35-19-16-15-17-20(34)28(37)38-27-25(32)23(30)22(29)24(31)26(27)33/h20H,2-19,34H2,1H3,(H,35,36)/t20-/m0/s1. The summed E-state index contributed by atoms with van der Waals surface area (Å²) in [6.45, 7) is 2.60. The van der Waals surface area contributed by atoms with Gasteiger partial charge in [0.1, 0.15) is 6.04 Å². The van der Waals surface area contributed by atoms with Gasteiger partial charge in [-0.1, -0.05) is 84.0 Å². The summed E-state index contributed by atoms with van der Waals surface area (Å²) in [5, 5.41) is 2.79. The molecule has 0 fully saturated rings. The van der Waals surface area contributed by atoms with Gasteiger partial charge < -0.3 is 15.8 Å². The summed E-state index contributed by atoms with van der Waals surface area (Å²) in [6.07, 6.45) is 17.4. The maximum atomic E-state index is 13.6. The summed E-state index contributed by atoms with van der Waals surface area (Å²) in [4.78, 5) is 23.8. The first-order chi connectivity index (χ1) is 18.2. The Labute approximate surface area is 223 Å². The highest BCUT2D eigenvalue weighted by Crippen LogP contribution is 2.29. The monoisotopic (exact) mass is 550 g/mol. The molecule has 10 heteroatoms. The summed E-state index contributed by atoms with van der Waals surface area (Å²) in [5.41, 5.74) is 5.61. The van der Waals surface area contributed by atoms with Gasteiger partial charge in [0.05, 0.1) is 0 Å². The summed E-state index contributed by atoms with van der Waals surface area (Å²) < 4.78 is 71.1. The van der Waals surface area contributed by atoms with Gasteiger partial charge in [0.15, 0.2) is 0 Å². The van der Waals surface area contributed by atoms with Crippen LogP contribution in [0.25, 0.3) is 0 Å². The second-order valence-corrected chi connectivity index (χ2v) is 9.77. The molecule has 0 saturated heterocycles. The number of ether oxygens (including phenoxy) is 1. The van der Waals surface area contributed by atoms with Crippen LogP contribution in [0.3, 0.4) is 0 Å². The first-order valence-corrected chi connectivity index (χ1v) is 14.0. The Morgan fingerprint density at radius 3 is 1.63 bits per heavy atom. The van der Waals surface area contributed by atoms with E-state index in [0.717, 1.165) is 19.3 Å². The van der Waals surface area contributed by atoms with Crippen LogP contribution in [0.1, 0.15) is 116 Å². The van der Waals surface area contributed by atoms with Crippen LogP contribution in [0.4, 0.5) is 22.0 Å². The number of nitrogens with one attached hydrogen (secondary N) is 1. The number of amides is 1. The van der Waals surface area contributed by atoms with E-state index in [1.54, 1.807) is 0 Å². The summed E-state index contributed by atoms with van der Waals surface area (Å²) in [6, 6.07) is -1.33. The average Bonchev–Trinajstić information content (AvgIpc) is 2.90. The topological polar surface area (TPSA) is 81.4 Å². The molecular weight excluding hydrogens is 507 g/mol. The van der Waals surface area contributed by atoms with Gasteiger partial charge in [0.2, 0.25) is 40.7 Å². The highest BCUT2D eigenvalue weighted by molar-refractivity contribution is 5.78. The van der Waals surface area contributed by atoms with E-state index in [4.69, 9.17) is 5.73 Å². The third-order valence-corrected chi connectivity index (χ3v) is 6.45. The Bertz CT molecular complexity index is 825. The number of carbonyl (C=O) groups excluding carboxylic acids is 2. The Balaban J connectivity index is 2.06. The van der Waals surface area contributed by atoms with Gasteiger partial charge in [0, 0.05) is 13.0 Å². The summed E-state index contributed by atoms with van der Waals surface area (Å²) in [5.74, 6) is -14.3. The first kappa shape index (κ1) is 33.8. The van der Waals surface area contributed by atoms with Crippen LogP contribution >= 0.6 is 0 Å². The van der Waals surface area contributed by atoms with Gasteiger partial charge in [-0.15, -0.1) is 0 Å². The van der Waals surface area contributed by atoms with Crippen LogP contribution in [0.15, 0.2) is 0 Å². The van der Waals surface area contributed by atoms with Crippen molar-refractivity contribution in [1.29, 1.82) is 0 Å². The van der Waals surface area contributed by atoms with Crippen molar-refractivity contribution in [1.82, 2.24) is 5.32 Å². The van der Waals surface area contributed by atoms with Gasteiger partial charge in [-0.05, 0) is 25.7 Å². The fourth-order valence-electron chi connectivity index (χ4n) is 4.08. The van der Waals surface area contributed by atoms with E-state index in [9.17, 15) is 31.5 Å². The molecule has 0 heterocycles. The lowest BCUT2D eigenvalue weighted by Crippen LogP contribution is -2.35. The number of halogens is 5. The second kappa shape index (κ2) is 19.8. The highest BCUT2D eigenvalue weighted by atomic mass is 19.2. The SMILES string of the molecule is CCCCCCCCCCCCCCCC(=O)NCCCC[C@H](N)C(=O)Oc1c(F)c(F)c(F)c(F)c1F. The number of rotatable bonds is 21. The fraction of sp³-hybridized carbons (Fsp3) is 0.714. The van der Waals surface area contributed by atoms with Crippen LogP contribution in [0.5, 0.6) is 5.75 Å². The largest absolute Gasteiger partial charge is 0.419 e. The molecule has 0 aliphatic carbocycles. The predicted octanol–water partition coefficient (Wildman–Crippen LogP) is 7.38. The van der Waals surface area contributed by atoms with Crippen molar-refractivity contribution < 1.29 is 36.3 Å². The molecular formula is C28H43F5N2O3. The first-order valence-electron chi connectivity index (χ1n) is 14.0. The van der Waals surface area contributed by atoms with Crippen LogP contribution in [-0.2, 0) is 9.59 Å². The highest BCUT2D eigenvalue weighted by Gasteiger charge is 2.29. The third kappa shape index (κ3) is 13.0. The zero-order chi connectivity index (χ0) is 28.3. The molecule has 5 nitrogen and oxygen atoms in total. The van der Waals surface area contributed by atoms with E-state index in [1.165, 1.54) is 64.2 Å². The lowest BCUT2D eigenvalue weighted by Gasteiger charge is -2.13. The average molecular weight is 551 g/mol. The Kier molecular flexibility index (Phi) is 17.6. The molecule has 0 unspecified atom stereocenters. The van der Waals surface area contributed by atoms with Crippen LogP contribution in [0, 0.1) is 29.1 Å². The molecule has 0 spiro atoms. The van der Waals surface area contributed by atoms with Crippen molar-refractivity contribution >= 4 is 11.9 Å². The minimum atomic E-state index is -2.35. The van der Waals surface area contributed by atoms with Crippen LogP contribution < -0.4 is 15.8 Å². The lowest BCUT2D eigenvalue weighted by atomic mass is 10.0. The fourth-order valence-corrected chi connectivity index (χ4v) is 4.08. The normalized spacial score (nSPS) is 12.0. The molecule has 218 valence electrons. The molecule has 1 atom stereocenters. The number of hydrogen-bond acceptors (Lipinski definition) is 4. The number of hydrogen-bond donors (Lipinski definition) is 2. The Morgan fingerprint density at radius 2 is 1.13 bits per heavy atom. The number of esters is 1. The molecule has 0 radical (unpaired) electrons. The van der Waals surface area contributed by atoms with Gasteiger partial charge in [-0.3, -0.25) is 4.79 Å². The molecule has 0 aliphatic rings. The van der Waals surface area contributed by atoms with Gasteiger partial charge in [-0.25, -0.2) is 18.0 Å². The minimum Gasteiger partial charge on any atom is -0.419 e. The van der Waals surface area contributed by atoms with Gasteiger partial charge in [-0.2, -0.15) is 8.78 Å². The summed E-state index contributed by atoms with van der Waals surface area (Å²) in [7, 11) is 0. The minimum absolute atomic E-state index is 0.0446.